The molecular formula is C24H41IN4O2. The molecule has 0 radical (unpaired) electrons. The smallest absolute Gasteiger partial charge is 0.193 e. The first-order valence-electron chi connectivity index (χ1n) is 11.5. The van der Waals surface area contributed by atoms with Crippen LogP contribution in [0.25, 0.3) is 0 Å². The van der Waals surface area contributed by atoms with E-state index in [-0.39, 0.29) is 24.0 Å². The maximum absolute atomic E-state index is 6.16. The molecule has 1 N–H and O–H groups in total. The second-order valence-electron chi connectivity index (χ2n) is 8.83. The fourth-order valence-corrected chi connectivity index (χ4v) is 4.32. The Morgan fingerprint density at radius 3 is 2.48 bits per heavy atom. The van der Waals surface area contributed by atoms with Gasteiger partial charge in [-0.05, 0) is 58.7 Å². The molecule has 0 aromatic heterocycles. The summed E-state index contributed by atoms with van der Waals surface area (Å²) in [4.78, 5) is 9.17. The van der Waals surface area contributed by atoms with Crippen LogP contribution in [0, 0.1) is 6.92 Å². The van der Waals surface area contributed by atoms with Gasteiger partial charge < -0.3 is 24.6 Å². The summed E-state index contributed by atoms with van der Waals surface area (Å²) in [6.07, 6.45) is 6.34. The first kappa shape index (κ1) is 26.4. The van der Waals surface area contributed by atoms with E-state index < -0.39 is 0 Å². The summed E-state index contributed by atoms with van der Waals surface area (Å²) >= 11 is 0. The summed E-state index contributed by atoms with van der Waals surface area (Å²) in [6, 6.07) is 9.12. The van der Waals surface area contributed by atoms with E-state index in [1.165, 1.54) is 24.0 Å². The maximum atomic E-state index is 6.16. The number of guanidine groups is 1. The first-order chi connectivity index (χ1) is 14.6. The number of aryl methyl sites for hydroxylation is 1. The molecule has 2 fully saturated rings. The molecule has 1 aromatic carbocycles. The van der Waals surface area contributed by atoms with Gasteiger partial charge >= 0.3 is 0 Å². The number of hydrogen-bond acceptors (Lipinski definition) is 4. The topological polar surface area (TPSA) is 49.3 Å². The summed E-state index contributed by atoms with van der Waals surface area (Å²) in [5.41, 5.74) is 2.62. The Kier molecular flexibility index (Phi) is 11.6. The zero-order valence-electron chi connectivity index (χ0n) is 19.7. The van der Waals surface area contributed by atoms with Gasteiger partial charge in [0, 0.05) is 33.3 Å². The van der Waals surface area contributed by atoms with Gasteiger partial charge in [0.05, 0.1) is 24.9 Å². The minimum atomic E-state index is 0. The summed E-state index contributed by atoms with van der Waals surface area (Å²) in [5.74, 6) is 0.989. The van der Waals surface area contributed by atoms with E-state index in [0.29, 0.717) is 18.2 Å². The van der Waals surface area contributed by atoms with Crippen LogP contribution in [0.4, 0.5) is 0 Å². The monoisotopic (exact) mass is 544 g/mol. The number of hydrogen-bond donors (Lipinski definition) is 1. The lowest BCUT2D eigenvalue weighted by molar-refractivity contribution is -0.0721. The molecule has 0 amide bonds. The molecule has 0 bridgehead atoms. The molecule has 176 valence electrons. The average Bonchev–Trinajstić information content (AvgIpc) is 2.77. The van der Waals surface area contributed by atoms with Crippen LogP contribution >= 0.6 is 24.0 Å². The van der Waals surface area contributed by atoms with Crippen molar-refractivity contribution in [2.75, 3.05) is 54.0 Å². The zero-order chi connectivity index (χ0) is 21.3. The van der Waals surface area contributed by atoms with E-state index in [9.17, 15) is 0 Å². The Morgan fingerprint density at radius 1 is 1.19 bits per heavy atom. The molecule has 0 saturated carbocycles. The number of ether oxygens (including phenoxy) is 2. The van der Waals surface area contributed by atoms with Crippen molar-refractivity contribution in [3.8, 4) is 0 Å². The van der Waals surface area contributed by atoms with Gasteiger partial charge in [-0.1, -0.05) is 29.8 Å². The second kappa shape index (κ2) is 13.6. The molecule has 1 aromatic rings. The lowest BCUT2D eigenvalue weighted by atomic mass is 10.0. The predicted octanol–water partition coefficient (Wildman–Crippen LogP) is 3.84. The average molecular weight is 545 g/mol. The molecule has 0 aliphatic carbocycles. The van der Waals surface area contributed by atoms with Crippen molar-refractivity contribution in [2.45, 2.75) is 57.3 Å². The number of nitrogens with one attached hydrogen (secondary N) is 1. The third-order valence-corrected chi connectivity index (χ3v) is 6.28. The van der Waals surface area contributed by atoms with Crippen molar-refractivity contribution in [1.29, 1.82) is 0 Å². The predicted molar refractivity (Wildman–Crippen MR) is 139 cm³/mol. The number of piperidine rings is 1. The highest BCUT2D eigenvalue weighted by Crippen LogP contribution is 2.20. The fraction of sp³-hybridized carbons (Fsp3) is 0.708. The molecule has 2 saturated heterocycles. The van der Waals surface area contributed by atoms with Crippen molar-refractivity contribution < 1.29 is 9.47 Å². The Bertz CT molecular complexity index is 654. The molecule has 2 unspecified atom stereocenters. The number of nitrogens with zero attached hydrogens (tertiary/aromatic N) is 3. The maximum Gasteiger partial charge on any atom is 0.193 e. The van der Waals surface area contributed by atoms with E-state index in [2.05, 4.69) is 65.4 Å². The highest BCUT2D eigenvalue weighted by atomic mass is 127. The second-order valence-corrected chi connectivity index (χ2v) is 8.83. The van der Waals surface area contributed by atoms with Crippen molar-refractivity contribution in [1.82, 2.24) is 15.1 Å². The number of rotatable bonds is 7. The minimum absolute atomic E-state index is 0. The minimum Gasteiger partial charge on any atom is -0.376 e. The van der Waals surface area contributed by atoms with Crippen LogP contribution < -0.4 is 5.32 Å². The standard InChI is InChI=1S/C24H40N4O2.HI/c1-19-8-10-20(11-9-19)23(27(3)4)17-26-24(25-2)28-14-12-21(13-15-28)30-18-22-7-5-6-16-29-22;/h8-11,21-23H,5-7,12-18H2,1-4H3,(H,25,26);1H. The van der Waals surface area contributed by atoms with Gasteiger partial charge in [-0.15, -0.1) is 24.0 Å². The Hall–Kier alpha value is -0.900. The Morgan fingerprint density at radius 2 is 1.90 bits per heavy atom. The number of benzene rings is 1. The summed E-state index contributed by atoms with van der Waals surface area (Å²) in [7, 11) is 6.14. The van der Waals surface area contributed by atoms with Gasteiger partial charge in [0.25, 0.3) is 0 Å². The Balaban J connectivity index is 0.00000341. The lowest BCUT2D eigenvalue weighted by Crippen LogP contribution is -2.48. The molecule has 7 heteroatoms. The van der Waals surface area contributed by atoms with Gasteiger partial charge in [0.2, 0.25) is 0 Å². The summed E-state index contributed by atoms with van der Waals surface area (Å²) < 4.78 is 12.0. The van der Waals surface area contributed by atoms with E-state index in [0.717, 1.165) is 58.1 Å². The van der Waals surface area contributed by atoms with Crippen molar-refractivity contribution in [2.24, 2.45) is 4.99 Å². The Labute approximate surface area is 205 Å². The largest absolute Gasteiger partial charge is 0.376 e. The molecule has 0 spiro atoms. The number of halogens is 1. The molecular weight excluding hydrogens is 503 g/mol. The molecule has 2 heterocycles. The van der Waals surface area contributed by atoms with Crippen molar-refractivity contribution in [3.63, 3.8) is 0 Å². The van der Waals surface area contributed by atoms with Crippen LogP contribution in [0.1, 0.15) is 49.3 Å². The van der Waals surface area contributed by atoms with E-state index in [1.807, 2.05) is 7.05 Å². The molecule has 6 nitrogen and oxygen atoms in total. The van der Waals surface area contributed by atoms with Crippen LogP contribution in [0.2, 0.25) is 0 Å². The molecule has 3 rings (SSSR count). The highest BCUT2D eigenvalue weighted by Gasteiger charge is 2.24. The van der Waals surface area contributed by atoms with E-state index in [4.69, 9.17) is 9.47 Å². The zero-order valence-corrected chi connectivity index (χ0v) is 22.0. The normalized spacial score (nSPS) is 21.6. The lowest BCUT2D eigenvalue weighted by Gasteiger charge is -2.36. The molecule has 2 atom stereocenters. The van der Waals surface area contributed by atoms with Crippen LogP contribution in [0.5, 0.6) is 0 Å². The van der Waals surface area contributed by atoms with E-state index in [1.54, 1.807) is 0 Å². The van der Waals surface area contributed by atoms with Gasteiger partial charge in [0.1, 0.15) is 0 Å². The first-order valence-corrected chi connectivity index (χ1v) is 11.5. The SMILES string of the molecule is CN=C(NCC(c1ccc(C)cc1)N(C)C)N1CCC(OCC2CCCCO2)CC1.I. The molecule has 31 heavy (non-hydrogen) atoms. The van der Waals surface area contributed by atoms with E-state index >= 15 is 0 Å². The van der Waals surface area contributed by atoms with Crippen LogP contribution in [-0.2, 0) is 9.47 Å². The summed E-state index contributed by atoms with van der Waals surface area (Å²) in [6.45, 7) is 6.56. The third kappa shape index (κ3) is 8.18. The van der Waals surface area contributed by atoms with Crippen LogP contribution in [-0.4, -0.2) is 82.0 Å². The van der Waals surface area contributed by atoms with Crippen molar-refractivity contribution in [3.05, 3.63) is 35.4 Å². The summed E-state index contributed by atoms with van der Waals surface area (Å²) in [5, 5.41) is 3.61. The third-order valence-electron chi connectivity index (χ3n) is 6.28. The highest BCUT2D eigenvalue weighted by molar-refractivity contribution is 14.0. The fourth-order valence-electron chi connectivity index (χ4n) is 4.32. The molecule has 2 aliphatic heterocycles. The number of likely N-dealkylation sites (tertiary alicyclic amines) is 1. The van der Waals surface area contributed by atoms with Crippen molar-refractivity contribution >= 4 is 29.9 Å². The van der Waals surface area contributed by atoms with Crippen LogP contribution in [0.3, 0.4) is 0 Å². The van der Waals surface area contributed by atoms with Gasteiger partial charge in [-0.3, -0.25) is 4.99 Å². The van der Waals surface area contributed by atoms with Gasteiger partial charge in [0.15, 0.2) is 5.96 Å². The number of likely N-dealkylation sites (N-methyl/N-ethyl adjacent to an activating group) is 1. The molecule has 2 aliphatic rings. The van der Waals surface area contributed by atoms with Gasteiger partial charge in [-0.2, -0.15) is 0 Å². The number of aliphatic imine (C=N–C) groups is 1. The quantitative estimate of drug-likeness (QED) is 0.321. The van der Waals surface area contributed by atoms with Crippen LogP contribution in [0.15, 0.2) is 29.3 Å². The van der Waals surface area contributed by atoms with Gasteiger partial charge in [-0.25, -0.2) is 0 Å².